The van der Waals surface area contributed by atoms with E-state index in [4.69, 9.17) is 5.11 Å². The smallest absolute Gasteiger partial charge is 0.303 e. The van der Waals surface area contributed by atoms with E-state index in [1.54, 1.807) is 0 Å². The van der Waals surface area contributed by atoms with Gasteiger partial charge in [0.2, 0.25) is 0 Å². The van der Waals surface area contributed by atoms with Gasteiger partial charge in [-0.1, -0.05) is 0 Å². The monoisotopic (exact) mass is 177 g/mol. The first kappa shape index (κ1) is 10.2. The van der Waals surface area contributed by atoms with Gasteiger partial charge in [0.1, 0.15) is 0 Å². The van der Waals surface area contributed by atoms with E-state index in [1.807, 2.05) is 0 Å². The van der Waals surface area contributed by atoms with Gasteiger partial charge in [0.15, 0.2) is 0 Å². The molecule has 0 aliphatic rings. The van der Waals surface area contributed by atoms with E-state index < -0.39 is 5.97 Å². The zero-order valence-electron chi connectivity index (χ0n) is 6.29. The van der Waals surface area contributed by atoms with E-state index >= 15 is 0 Å². The van der Waals surface area contributed by atoms with E-state index in [2.05, 4.69) is 22.3 Å². The van der Waals surface area contributed by atoms with E-state index in [1.165, 1.54) is 7.11 Å². The summed E-state index contributed by atoms with van der Waals surface area (Å²) in [4.78, 5) is 10.0. The Morgan fingerprint density at radius 3 is 2.82 bits per heavy atom. The number of ether oxygens (including phenoxy) is 1. The van der Waals surface area contributed by atoms with Crippen molar-refractivity contribution in [2.24, 2.45) is 0 Å². The summed E-state index contributed by atoms with van der Waals surface area (Å²) in [6.45, 7) is 0.541. The molecule has 0 fully saturated rings. The molecule has 0 aromatic rings. The predicted molar refractivity (Wildman–Crippen MR) is 44.5 cm³/mol. The maximum absolute atomic E-state index is 10.0. The Balaban J connectivity index is 3.14. The number of rotatable bonds is 4. The van der Waals surface area contributed by atoms with Crippen LogP contribution in [0.1, 0.15) is 12.8 Å². The number of carboxylic acids is 1. The lowest BCUT2D eigenvalue weighted by Gasteiger charge is -2.03. The van der Waals surface area contributed by atoms with Gasteiger partial charge in [-0.15, -0.1) is 0 Å². The number of hydrogen-bond acceptors (Lipinski definition) is 3. The minimum absolute atomic E-state index is 0.152. The van der Waals surface area contributed by atoms with Crippen LogP contribution in [0.5, 0.6) is 0 Å². The van der Waals surface area contributed by atoms with Crippen LogP contribution in [0.3, 0.4) is 0 Å². The van der Waals surface area contributed by atoms with Gasteiger partial charge in [0.05, 0.1) is 7.11 Å². The fourth-order valence-corrected chi connectivity index (χ4v) is 0.604. The third-order valence-electron chi connectivity index (χ3n) is 1.02. The van der Waals surface area contributed by atoms with Gasteiger partial charge >= 0.3 is 5.97 Å². The molecule has 0 rings (SSSR count). The molecular weight excluding hydrogens is 166 g/mol. The maximum Gasteiger partial charge on any atom is 0.303 e. The van der Waals surface area contributed by atoms with Gasteiger partial charge < -0.3 is 15.2 Å². The maximum atomic E-state index is 10.0. The molecule has 0 bridgehead atoms. The average Bonchev–Trinajstić information content (AvgIpc) is 1.97. The molecule has 64 valence electrons. The van der Waals surface area contributed by atoms with Crippen LogP contribution in [0.4, 0.5) is 0 Å². The topological polar surface area (TPSA) is 58.6 Å². The minimum atomic E-state index is -0.796. The summed E-state index contributed by atoms with van der Waals surface area (Å²) in [6.07, 6.45) is 0.707. The van der Waals surface area contributed by atoms with Crippen LogP contribution in [-0.2, 0) is 9.53 Å². The number of thiocarbonyl (C=S) groups is 1. The van der Waals surface area contributed by atoms with E-state index in [9.17, 15) is 4.79 Å². The van der Waals surface area contributed by atoms with Crippen LogP contribution in [-0.4, -0.2) is 29.9 Å². The van der Waals surface area contributed by atoms with Crippen LogP contribution in [0.15, 0.2) is 0 Å². The van der Waals surface area contributed by atoms with Crippen molar-refractivity contribution in [2.45, 2.75) is 12.8 Å². The second-order valence-electron chi connectivity index (χ2n) is 1.92. The lowest BCUT2D eigenvalue weighted by atomic mass is 10.3. The summed E-state index contributed by atoms with van der Waals surface area (Å²) in [7, 11) is 1.46. The standard InChI is InChI=1S/C6H11NO3S/c1-10-6(11)7-4-2-3-5(8)9/h2-4H2,1H3,(H,7,11)(H,8,9). The Hall–Kier alpha value is -0.840. The molecule has 0 aromatic heterocycles. The number of methoxy groups -OCH3 is 1. The SMILES string of the molecule is COC(=S)NCCCC(=O)O. The number of carboxylic acid groups (broad SMARTS) is 1. The number of nitrogens with one attached hydrogen (secondary N) is 1. The van der Waals surface area contributed by atoms with Gasteiger partial charge in [0, 0.05) is 13.0 Å². The second-order valence-corrected chi connectivity index (χ2v) is 2.29. The Bertz CT molecular complexity index is 149. The average molecular weight is 177 g/mol. The molecule has 0 spiro atoms. The second kappa shape index (κ2) is 5.91. The van der Waals surface area contributed by atoms with Crippen molar-refractivity contribution < 1.29 is 14.6 Å². The Kier molecular flexibility index (Phi) is 5.46. The number of hydrogen-bond donors (Lipinski definition) is 2. The third kappa shape index (κ3) is 7.05. The van der Waals surface area contributed by atoms with Gasteiger partial charge in [0.25, 0.3) is 5.17 Å². The van der Waals surface area contributed by atoms with Crippen molar-refractivity contribution >= 4 is 23.4 Å². The van der Waals surface area contributed by atoms with Crippen LogP contribution in [0.25, 0.3) is 0 Å². The molecule has 0 saturated heterocycles. The molecule has 0 atom stereocenters. The Labute approximate surface area is 70.5 Å². The summed E-state index contributed by atoms with van der Waals surface area (Å²) in [5, 5.41) is 11.3. The molecule has 0 amide bonds. The van der Waals surface area contributed by atoms with Crippen molar-refractivity contribution in [2.75, 3.05) is 13.7 Å². The first-order chi connectivity index (χ1) is 5.16. The molecule has 0 aromatic carbocycles. The van der Waals surface area contributed by atoms with Crippen LogP contribution >= 0.6 is 12.2 Å². The molecule has 0 aliphatic carbocycles. The molecule has 0 radical (unpaired) electrons. The molecule has 0 heterocycles. The lowest BCUT2D eigenvalue weighted by molar-refractivity contribution is -0.137. The fourth-order valence-electron chi connectivity index (χ4n) is 0.502. The van der Waals surface area contributed by atoms with Gasteiger partial charge in [-0.05, 0) is 18.6 Å². The molecule has 4 nitrogen and oxygen atoms in total. The zero-order chi connectivity index (χ0) is 8.69. The summed E-state index contributed by atoms with van der Waals surface area (Å²) < 4.78 is 4.63. The largest absolute Gasteiger partial charge is 0.481 e. The van der Waals surface area contributed by atoms with Crippen molar-refractivity contribution in [3.63, 3.8) is 0 Å². The van der Waals surface area contributed by atoms with Crippen molar-refractivity contribution in [1.82, 2.24) is 5.32 Å². The molecule has 0 aliphatic heterocycles. The van der Waals surface area contributed by atoms with E-state index in [0.29, 0.717) is 18.1 Å². The lowest BCUT2D eigenvalue weighted by Crippen LogP contribution is -2.24. The van der Waals surface area contributed by atoms with Crippen molar-refractivity contribution in [3.8, 4) is 0 Å². The number of aliphatic carboxylic acids is 1. The summed E-state index contributed by atoms with van der Waals surface area (Å²) in [5.74, 6) is -0.796. The van der Waals surface area contributed by atoms with Crippen LogP contribution in [0.2, 0.25) is 0 Å². The van der Waals surface area contributed by atoms with Gasteiger partial charge in [-0.2, -0.15) is 0 Å². The molecular formula is C6H11NO3S. The fraction of sp³-hybridized carbons (Fsp3) is 0.667. The first-order valence-corrected chi connectivity index (χ1v) is 3.61. The van der Waals surface area contributed by atoms with Gasteiger partial charge in [-0.3, -0.25) is 4.79 Å². The van der Waals surface area contributed by atoms with E-state index in [0.717, 1.165) is 0 Å². The molecule has 5 heteroatoms. The summed E-state index contributed by atoms with van der Waals surface area (Å²) in [5.41, 5.74) is 0. The molecule has 0 unspecified atom stereocenters. The van der Waals surface area contributed by atoms with Crippen LogP contribution in [0, 0.1) is 0 Å². The Morgan fingerprint density at radius 2 is 2.36 bits per heavy atom. The highest BCUT2D eigenvalue weighted by molar-refractivity contribution is 7.80. The molecule has 0 saturated carbocycles. The first-order valence-electron chi connectivity index (χ1n) is 3.20. The highest BCUT2D eigenvalue weighted by atomic mass is 32.1. The quantitative estimate of drug-likeness (QED) is 0.480. The highest BCUT2D eigenvalue weighted by Crippen LogP contribution is 1.86. The van der Waals surface area contributed by atoms with Crippen molar-refractivity contribution in [3.05, 3.63) is 0 Å². The molecule has 2 N–H and O–H groups in total. The Morgan fingerprint density at radius 1 is 1.73 bits per heavy atom. The summed E-state index contributed by atoms with van der Waals surface area (Å²) in [6, 6.07) is 0. The summed E-state index contributed by atoms with van der Waals surface area (Å²) >= 11 is 4.65. The van der Waals surface area contributed by atoms with E-state index in [-0.39, 0.29) is 6.42 Å². The highest BCUT2D eigenvalue weighted by Gasteiger charge is 1.96. The zero-order valence-corrected chi connectivity index (χ0v) is 7.11. The van der Waals surface area contributed by atoms with Crippen LogP contribution < -0.4 is 5.32 Å². The predicted octanol–water partition coefficient (Wildman–Crippen LogP) is 0.372. The minimum Gasteiger partial charge on any atom is -0.481 e. The third-order valence-corrected chi connectivity index (χ3v) is 1.33. The molecule has 11 heavy (non-hydrogen) atoms. The van der Waals surface area contributed by atoms with Crippen molar-refractivity contribution in [1.29, 1.82) is 0 Å². The number of carbonyl (C=O) groups is 1. The van der Waals surface area contributed by atoms with Gasteiger partial charge in [-0.25, -0.2) is 0 Å². The normalized spacial score (nSPS) is 8.82.